The van der Waals surface area contributed by atoms with Crippen molar-refractivity contribution in [2.75, 3.05) is 19.0 Å². The van der Waals surface area contributed by atoms with E-state index < -0.39 is 0 Å². The minimum atomic E-state index is -0.0313. The van der Waals surface area contributed by atoms with Gasteiger partial charge in [0.1, 0.15) is 5.75 Å². The summed E-state index contributed by atoms with van der Waals surface area (Å²) in [5.41, 5.74) is 1.05. The van der Waals surface area contributed by atoms with E-state index in [9.17, 15) is 9.90 Å². The van der Waals surface area contributed by atoms with E-state index in [0.717, 1.165) is 5.69 Å². The van der Waals surface area contributed by atoms with E-state index in [1.165, 1.54) is 12.1 Å². The highest BCUT2D eigenvalue weighted by atomic mass is 16.3. The number of hydrogen-bond acceptors (Lipinski definition) is 3. The normalized spacial score (nSPS) is 9.50. The van der Waals surface area contributed by atoms with Gasteiger partial charge in [-0.25, -0.2) is 0 Å². The van der Waals surface area contributed by atoms with Gasteiger partial charge in [0.25, 0.3) is 0 Å². The van der Waals surface area contributed by atoms with Crippen LogP contribution in [0.25, 0.3) is 0 Å². The SMILES string of the molecule is CN(C)c1ccc([C]=O)c(O)c1. The number of aromatic hydroxyl groups is 1. The van der Waals surface area contributed by atoms with Crippen molar-refractivity contribution in [3.8, 4) is 5.75 Å². The van der Waals surface area contributed by atoms with E-state index in [4.69, 9.17) is 0 Å². The second-order valence-electron chi connectivity index (χ2n) is 2.70. The standard InChI is InChI=1S/C9H10NO2/c1-10(2)8-4-3-7(6-11)9(12)5-8/h3-5,12H,1-2H3. The van der Waals surface area contributed by atoms with E-state index in [2.05, 4.69) is 0 Å². The molecule has 0 aliphatic rings. The van der Waals surface area contributed by atoms with E-state index in [-0.39, 0.29) is 11.3 Å². The molecule has 1 N–H and O–H groups in total. The highest BCUT2D eigenvalue weighted by molar-refractivity contribution is 5.80. The summed E-state index contributed by atoms with van der Waals surface area (Å²) in [4.78, 5) is 12.1. The summed E-state index contributed by atoms with van der Waals surface area (Å²) in [7, 11) is 3.72. The lowest BCUT2D eigenvalue weighted by Crippen LogP contribution is -2.08. The highest BCUT2D eigenvalue weighted by Crippen LogP contribution is 2.21. The maximum Gasteiger partial charge on any atom is 0.237 e. The Morgan fingerprint density at radius 3 is 2.50 bits per heavy atom. The van der Waals surface area contributed by atoms with Gasteiger partial charge in [-0.2, -0.15) is 0 Å². The van der Waals surface area contributed by atoms with Gasteiger partial charge in [-0.15, -0.1) is 0 Å². The molecule has 1 rings (SSSR count). The van der Waals surface area contributed by atoms with Crippen molar-refractivity contribution in [3.05, 3.63) is 23.8 Å². The number of carbonyl (C=O) groups excluding carboxylic acids is 1. The molecule has 1 aromatic rings. The molecule has 0 saturated carbocycles. The summed E-state index contributed by atoms with van der Waals surface area (Å²) in [6.45, 7) is 0. The predicted molar refractivity (Wildman–Crippen MR) is 47.2 cm³/mol. The third kappa shape index (κ3) is 1.56. The summed E-state index contributed by atoms with van der Waals surface area (Å²) in [6, 6.07) is 4.82. The van der Waals surface area contributed by atoms with Crippen LogP contribution in [0.2, 0.25) is 0 Å². The molecular weight excluding hydrogens is 154 g/mol. The van der Waals surface area contributed by atoms with Crippen LogP contribution in [0.15, 0.2) is 18.2 Å². The Hall–Kier alpha value is -1.51. The molecular formula is C9H10NO2. The molecule has 63 valence electrons. The molecule has 0 fully saturated rings. The zero-order chi connectivity index (χ0) is 9.14. The summed E-state index contributed by atoms with van der Waals surface area (Å²) in [5.74, 6) is -0.0313. The molecule has 1 radical (unpaired) electrons. The van der Waals surface area contributed by atoms with Crippen LogP contribution in [-0.4, -0.2) is 25.5 Å². The molecule has 0 aromatic heterocycles. The number of rotatable bonds is 2. The zero-order valence-corrected chi connectivity index (χ0v) is 7.03. The molecule has 0 aliphatic carbocycles. The Morgan fingerprint density at radius 1 is 1.42 bits per heavy atom. The molecule has 1 aromatic carbocycles. The molecule has 0 amide bonds. The zero-order valence-electron chi connectivity index (χ0n) is 7.03. The highest BCUT2D eigenvalue weighted by Gasteiger charge is 2.02. The Kier molecular flexibility index (Phi) is 2.33. The third-order valence-corrected chi connectivity index (χ3v) is 1.61. The van der Waals surface area contributed by atoms with Crippen LogP contribution in [-0.2, 0) is 4.79 Å². The van der Waals surface area contributed by atoms with E-state index in [0.29, 0.717) is 0 Å². The van der Waals surface area contributed by atoms with Gasteiger partial charge in [-0.05, 0) is 12.1 Å². The Morgan fingerprint density at radius 2 is 2.08 bits per heavy atom. The average Bonchev–Trinajstić information content (AvgIpc) is 2.04. The molecule has 0 bridgehead atoms. The summed E-state index contributed by atoms with van der Waals surface area (Å²) < 4.78 is 0. The van der Waals surface area contributed by atoms with Crippen molar-refractivity contribution in [2.45, 2.75) is 0 Å². The summed E-state index contributed by atoms with van der Waals surface area (Å²) in [6.07, 6.45) is 1.64. The molecule has 0 saturated heterocycles. The summed E-state index contributed by atoms with van der Waals surface area (Å²) >= 11 is 0. The predicted octanol–water partition coefficient (Wildman–Crippen LogP) is 0.916. The van der Waals surface area contributed by atoms with Crippen molar-refractivity contribution in [2.24, 2.45) is 0 Å². The minimum Gasteiger partial charge on any atom is -0.507 e. The largest absolute Gasteiger partial charge is 0.507 e. The monoisotopic (exact) mass is 164 g/mol. The molecule has 0 heterocycles. The number of anilines is 1. The van der Waals surface area contributed by atoms with Crippen LogP contribution in [0, 0.1) is 0 Å². The maximum absolute atomic E-state index is 10.2. The van der Waals surface area contributed by atoms with Crippen LogP contribution in [0.1, 0.15) is 5.56 Å². The fourth-order valence-electron chi connectivity index (χ4n) is 0.885. The first-order chi connectivity index (χ1) is 5.65. The molecule has 12 heavy (non-hydrogen) atoms. The van der Waals surface area contributed by atoms with E-state index in [1.54, 1.807) is 12.4 Å². The van der Waals surface area contributed by atoms with E-state index >= 15 is 0 Å². The number of benzene rings is 1. The lowest BCUT2D eigenvalue weighted by atomic mass is 10.2. The van der Waals surface area contributed by atoms with Crippen molar-refractivity contribution in [1.29, 1.82) is 0 Å². The van der Waals surface area contributed by atoms with Gasteiger partial charge in [-0.1, -0.05) is 0 Å². The van der Waals surface area contributed by atoms with Crippen molar-refractivity contribution in [3.63, 3.8) is 0 Å². The first-order valence-electron chi connectivity index (χ1n) is 3.53. The molecule has 0 atom stereocenters. The van der Waals surface area contributed by atoms with Gasteiger partial charge in [0.15, 0.2) is 0 Å². The first kappa shape index (κ1) is 8.59. The third-order valence-electron chi connectivity index (χ3n) is 1.61. The van der Waals surface area contributed by atoms with Crippen LogP contribution in [0.5, 0.6) is 5.75 Å². The molecule has 0 unspecified atom stereocenters. The second kappa shape index (κ2) is 3.26. The Bertz CT molecular complexity index is 295. The number of phenolic OH excluding ortho intramolecular Hbond substituents is 1. The maximum atomic E-state index is 10.2. The van der Waals surface area contributed by atoms with Crippen LogP contribution in [0.3, 0.4) is 0 Å². The lowest BCUT2D eigenvalue weighted by molar-refractivity contribution is 0.472. The van der Waals surface area contributed by atoms with Crippen LogP contribution < -0.4 is 4.90 Å². The van der Waals surface area contributed by atoms with Crippen molar-refractivity contribution >= 4 is 12.0 Å². The molecule has 0 spiro atoms. The second-order valence-corrected chi connectivity index (χ2v) is 2.70. The minimum absolute atomic E-state index is 0.0313. The van der Waals surface area contributed by atoms with E-state index in [1.807, 2.05) is 19.0 Å². The topological polar surface area (TPSA) is 40.5 Å². The quantitative estimate of drug-likeness (QED) is 0.706. The number of nitrogens with zero attached hydrogens (tertiary/aromatic N) is 1. The molecule has 3 nitrogen and oxygen atoms in total. The number of phenols is 1. The fourth-order valence-corrected chi connectivity index (χ4v) is 0.885. The van der Waals surface area contributed by atoms with Gasteiger partial charge < -0.3 is 10.0 Å². The van der Waals surface area contributed by atoms with Crippen molar-refractivity contribution < 1.29 is 9.90 Å². The first-order valence-corrected chi connectivity index (χ1v) is 3.53. The number of hydrogen-bond donors (Lipinski definition) is 1. The summed E-state index contributed by atoms with van der Waals surface area (Å²) in [5, 5.41) is 9.25. The van der Waals surface area contributed by atoms with Gasteiger partial charge in [0.05, 0.1) is 5.56 Å². The average molecular weight is 164 g/mol. The van der Waals surface area contributed by atoms with Crippen LogP contribution in [0.4, 0.5) is 5.69 Å². The van der Waals surface area contributed by atoms with Crippen LogP contribution >= 0.6 is 0 Å². The molecule has 0 aliphatic heterocycles. The smallest absolute Gasteiger partial charge is 0.237 e. The van der Waals surface area contributed by atoms with Gasteiger partial charge >= 0.3 is 0 Å². The fraction of sp³-hybridized carbons (Fsp3) is 0.222. The Balaban J connectivity index is 3.10. The Labute approximate surface area is 71.2 Å². The van der Waals surface area contributed by atoms with Gasteiger partial charge in [-0.3, -0.25) is 4.79 Å². The van der Waals surface area contributed by atoms with Gasteiger partial charge in [0.2, 0.25) is 6.29 Å². The lowest BCUT2D eigenvalue weighted by Gasteiger charge is -2.12. The van der Waals surface area contributed by atoms with Crippen molar-refractivity contribution in [1.82, 2.24) is 0 Å². The van der Waals surface area contributed by atoms with Gasteiger partial charge in [0, 0.05) is 25.8 Å². The molecule has 3 heteroatoms.